The van der Waals surface area contributed by atoms with E-state index in [2.05, 4.69) is 15.0 Å². The third-order valence-corrected chi connectivity index (χ3v) is 2.92. The Bertz CT molecular complexity index is 795. The van der Waals surface area contributed by atoms with Gasteiger partial charge in [0.05, 0.1) is 12.7 Å². The van der Waals surface area contributed by atoms with Crippen LogP contribution in [-0.2, 0) is 0 Å². The van der Waals surface area contributed by atoms with Crippen LogP contribution in [0.1, 0.15) is 11.4 Å². The summed E-state index contributed by atoms with van der Waals surface area (Å²) in [6, 6.07) is 6.77. The molecule has 1 aromatic heterocycles. The number of anilines is 2. The van der Waals surface area contributed by atoms with E-state index in [1.807, 2.05) is 6.07 Å². The molecule has 8 nitrogen and oxygen atoms in total. The number of hydrogen-bond acceptors (Lipinski definition) is 8. The van der Waals surface area contributed by atoms with Gasteiger partial charge < -0.3 is 20.5 Å². The molecule has 0 aliphatic rings. The summed E-state index contributed by atoms with van der Waals surface area (Å²) in [6.45, 7) is 0. The van der Waals surface area contributed by atoms with E-state index < -0.39 is 0 Å². The molecule has 0 saturated carbocycles. The summed E-state index contributed by atoms with van der Waals surface area (Å²) in [5.41, 5.74) is 6.54. The van der Waals surface area contributed by atoms with Crippen LogP contribution in [0.2, 0.25) is 0 Å². The number of aromatic nitrogens is 3. The number of allylic oxidation sites excluding steroid dienone is 1. The van der Waals surface area contributed by atoms with Crippen LogP contribution in [0.3, 0.4) is 0 Å². The second-order valence-corrected chi connectivity index (χ2v) is 4.81. The van der Waals surface area contributed by atoms with E-state index in [4.69, 9.17) is 10.5 Å². The Balaban J connectivity index is 2.50. The number of phenols is 1. The standard InChI is InChI=1S/C15H16N6O2/c1-21(2)15-19-13(18-14(17)20-15)10(8-16)6-9-4-5-11(22)12(7-9)23-3/h4-7,22H,1-3H3,(H2,17,18,19,20)/b10-6-. The maximum Gasteiger partial charge on any atom is 0.230 e. The van der Waals surface area contributed by atoms with Gasteiger partial charge in [0.1, 0.15) is 6.07 Å². The van der Waals surface area contributed by atoms with Gasteiger partial charge in [0.2, 0.25) is 11.9 Å². The Morgan fingerprint density at radius 1 is 1.35 bits per heavy atom. The molecule has 0 radical (unpaired) electrons. The minimum atomic E-state index is 0.0162. The van der Waals surface area contributed by atoms with E-state index in [1.54, 1.807) is 37.2 Å². The minimum absolute atomic E-state index is 0.0162. The first kappa shape index (κ1) is 16.0. The Hall–Kier alpha value is -3.34. The van der Waals surface area contributed by atoms with Crippen molar-refractivity contribution in [2.75, 3.05) is 31.8 Å². The van der Waals surface area contributed by atoms with E-state index >= 15 is 0 Å². The van der Waals surface area contributed by atoms with Gasteiger partial charge in [-0.25, -0.2) is 0 Å². The summed E-state index contributed by atoms with van der Waals surface area (Å²) in [5, 5.41) is 19.0. The number of rotatable bonds is 4. The highest BCUT2D eigenvalue weighted by Gasteiger charge is 2.11. The minimum Gasteiger partial charge on any atom is -0.504 e. The fourth-order valence-corrected chi connectivity index (χ4v) is 1.80. The van der Waals surface area contributed by atoms with Crippen molar-refractivity contribution in [1.29, 1.82) is 5.26 Å². The predicted molar refractivity (Wildman–Crippen MR) is 86.7 cm³/mol. The van der Waals surface area contributed by atoms with Crippen LogP contribution < -0.4 is 15.4 Å². The fraction of sp³-hybridized carbons (Fsp3) is 0.200. The SMILES string of the molecule is COc1cc(/C=C(/C#N)c2nc(N)nc(N(C)C)n2)ccc1O. The van der Waals surface area contributed by atoms with Crippen LogP contribution in [0.25, 0.3) is 11.6 Å². The Morgan fingerprint density at radius 2 is 2.09 bits per heavy atom. The highest BCUT2D eigenvalue weighted by Crippen LogP contribution is 2.28. The van der Waals surface area contributed by atoms with Gasteiger partial charge in [0.15, 0.2) is 17.3 Å². The van der Waals surface area contributed by atoms with E-state index in [-0.39, 0.29) is 23.1 Å². The smallest absolute Gasteiger partial charge is 0.230 e. The van der Waals surface area contributed by atoms with E-state index in [1.165, 1.54) is 13.2 Å². The molecule has 0 unspecified atom stereocenters. The Morgan fingerprint density at radius 3 is 2.70 bits per heavy atom. The summed E-state index contributed by atoms with van der Waals surface area (Å²) in [6.07, 6.45) is 1.58. The van der Waals surface area contributed by atoms with Crippen molar-refractivity contribution in [1.82, 2.24) is 15.0 Å². The zero-order valence-corrected chi connectivity index (χ0v) is 13.0. The quantitative estimate of drug-likeness (QED) is 0.810. The molecule has 0 aliphatic carbocycles. The molecular formula is C15H16N6O2. The van der Waals surface area contributed by atoms with Crippen molar-refractivity contribution >= 4 is 23.5 Å². The zero-order chi connectivity index (χ0) is 17.0. The van der Waals surface area contributed by atoms with E-state index in [0.717, 1.165) is 0 Å². The second kappa shape index (κ2) is 6.62. The lowest BCUT2D eigenvalue weighted by Crippen LogP contribution is -2.15. The molecule has 3 N–H and O–H groups in total. The first-order chi connectivity index (χ1) is 10.9. The first-order valence-electron chi connectivity index (χ1n) is 6.62. The molecule has 0 saturated heterocycles. The molecule has 2 aromatic rings. The predicted octanol–water partition coefficient (Wildman–Crippen LogP) is 1.30. The van der Waals surface area contributed by atoms with Gasteiger partial charge in [-0.05, 0) is 23.8 Å². The number of nitrogens with two attached hydrogens (primary N) is 1. The number of hydrogen-bond donors (Lipinski definition) is 2. The van der Waals surface area contributed by atoms with Crippen LogP contribution in [0.4, 0.5) is 11.9 Å². The first-order valence-corrected chi connectivity index (χ1v) is 6.62. The Labute approximate surface area is 133 Å². The largest absolute Gasteiger partial charge is 0.504 e. The number of aromatic hydroxyl groups is 1. The number of benzene rings is 1. The summed E-state index contributed by atoms with van der Waals surface area (Å²) >= 11 is 0. The number of nitrogens with zero attached hydrogens (tertiary/aromatic N) is 5. The van der Waals surface area contributed by atoms with E-state index in [9.17, 15) is 10.4 Å². The van der Waals surface area contributed by atoms with Gasteiger partial charge in [-0.2, -0.15) is 20.2 Å². The highest BCUT2D eigenvalue weighted by molar-refractivity contribution is 5.87. The molecule has 1 heterocycles. The summed E-state index contributed by atoms with van der Waals surface area (Å²) in [7, 11) is 4.97. The molecule has 2 rings (SSSR count). The van der Waals surface area contributed by atoms with Crippen molar-refractivity contribution in [3.63, 3.8) is 0 Å². The van der Waals surface area contributed by atoms with E-state index in [0.29, 0.717) is 17.3 Å². The monoisotopic (exact) mass is 312 g/mol. The summed E-state index contributed by atoms with van der Waals surface area (Å²) in [5.74, 6) is 0.887. The average molecular weight is 312 g/mol. The summed E-state index contributed by atoms with van der Waals surface area (Å²) in [4.78, 5) is 13.9. The number of ether oxygens (including phenoxy) is 1. The number of phenolic OH excluding ortho intramolecular Hbond substituents is 1. The normalized spacial score (nSPS) is 11.0. The second-order valence-electron chi connectivity index (χ2n) is 4.81. The van der Waals surface area contributed by atoms with Crippen molar-refractivity contribution in [2.45, 2.75) is 0 Å². The number of nitrogen functional groups attached to an aromatic ring is 1. The molecule has 23 heavy (non-hydrogen) atoms. The third kappa shape index (κ3) is 3.65. The molecule has 8 heteroatoms. The van der Waals surface area contributed by atoms with Crippen molar-refractivity contribution in [2.24, 2.45) is 0 Å². The van der Waals surface area contributed by atoms with Gasteiger partial charge in [-0.1, -0.05) is 6.07 Å². The Kier molecular flexibility index (Phi) is 4.61. The van der Waals surface area contributed by atoms with Crippen LogP contribution in [-0.4, -0.2) is 41.3 Å². The van der Waals surface area contributed by atoms with Crippen molar-refractivity contribution in [3.8, 4) is 17.6 Å². The highest BCUT2D eigenvalue weighted by atomic mass is 16.5. The van der Waals surface area contributed by atoms with Gasteiger partial charge in [-0.15, -0.1) is 0 Å². The summed E-state index contributed by atoms with van der Waals surface area (Å²) < 4.78 is 5.05. The van der Waals surface area contributed by atoms with Crippen molar-refractivity contribution < 1.29 is 9.84 Å². The lowest BCUT2D eigenvalue weighted by atomic mass is 10.1. The molecule has 1 aromatic carbocycles. The molecular weight excluding hydrogens is 296 g/mol. The van der Waals surface area contributed by atoms with Crippen LogP contribution >= 0.6 is 0 Å². The molecule has 0 atom stereocenters. The van der Waals surface area contributed by atoms with Crippen LogP contribution in [0.5, 0.6) is 11.5 Å². The average Bonchev–Trinajstić information content (AvgIpc) is 2.53. The number of methoxy groups -OCH3 is 1. The molecule has 118 valence electrons. The topological polar surface area (TPSA) is 121 Å². The van der Waals surface area contributed by atoms with Crippen LogP contribution in [0.15, 0.2) is 18.2 Å². The lowest BCUT2D eigenvalue weighted by molar-refractivity contribution is 0.373. The maximum absolute atomic E-state index is 9.61. The van der Waals surface area contributed by atoms with Gasteiger partial charge in [-0.3, -0.25) is 0 Å². The van der Waals surface area contributed by atoms with Gasteiger partial charge in [0.25, 0.3) is 0 Å². The third-order valence-electron chi connectivity index (χ3n) is 2.92. The van der Waals surface area contributed by atoms with Crippen molar-refractivity contribution in [3.05, 3.63) is 29.6 Å². The molecule has 0 amide bonds. The number of nitriles is 1. The molecule has 0 fully saturated rings. The zero-order valence-electron chi connectivity index (χ0n) is 13.0. The lowest BCUT2D eigenvalue weighted by Gasteiger charge is -2.11. The maximum atomic E-state index is 9.61. The fourth-order valence-electron chi connectivity index (χ4n) is 1.80. The molecule has 0 bridgehead atoms. The molecule has 0 aliphatic heterocycles. The van der Waals surface area contributed by atoms with Crippen LogP contribution in [0, 0.1) is 11.3 Å². The van der Waals surface area contributed by atoms with Gasteiger partial charge >= 0.3 is 0 Å². The molecule has 0 spiro atoms. The van der Waals surface area contributed by atoms with Gasteiger partial charge in [0, 0.05) is 14.1 Å².